The largest absolute Gasteiger partial charge is 0.550 e. The van der Waals surface area contributed by atoms with E-state index in [0.29, 0.717) is 5.04 Å². The first-order valence-electron chi connectivity index (χ1n) is 5.90. The molecule has 1 aromatic rings. The third-order valence-corrected chi connectivity index (χ3v) is 4.14. The summed E-state index contributed by atoms with van der Waals surface area (Å²) in [6, 6.07) is 9.49. The maximum Gasteiger partial charge on any atom is 0.550 e. The van der Waals surface area contributed by atoms with Gasteiger partial charge in [0.2, 0.25) is 0 Å². The van der Waals surface area contributed by atoms with Crippen LogP contribution in [0.4, 0.5) is 0 Å². The fourth-order valence-electron chi connectivity index (χ4n) is 1.28. The van der Waals surface area contributed by atoms with Gasteiger partial charge in [0.15, 0.2) is 0 Å². The Morgan fingerprint density at radius 2 is 1.79 bits per heavy atom. The summed E-state index contributed by atoms with van der Waals surface area (Å²) in [6.07, 6.45) is 1.86. The highest BCUT2D eigenvalue weighted by molar-refractivity contribution is 8.13. The first-order valence-corrected chi connectivity index (χ1v) is 8.59. The molecule has 0 radical (unpaired) electrons. The number of phosphoric acid groups is 1. The molecule has 5 nitrogen and oxygen atoms in total. The van der Waals surface area contributed by atoms with Crippen molar-refractivity contribution in [2.75, 3.05) is 19.5 Å². The van der Waals surface area contributed by atoms with E-state index in [2.05, 4.69) is 5.16 Å². The Morgan fingerprint density at radius 1 is 1.21 bits per heavy atom. The second-order valence-electron chi connectivity index (χ2n) is 3.33. The van der Waals surface area contributed by atoms with E-state index >= 15 is 0 Å². The number of oxime groups is 1. The maximum absolute atomic E-state index is 12.1. The molecule has 0 unspecified atom stereocenters. The second kappa shape index (κ2) is 8.38. The number of hydrogen-bond donors (Lipinski definition) is 0. The van der Waals surface area contributed by atoms with Crippen LogP contribution in [0.25, 0.3) is 0 Å². The van der Waals surface area contributed by atoms with Gasteiger partial charge >= 0.3 is 7.82 Å². The lowest BCUT2D eigenvalue weighted by Crippen LogP contribution is -2.00. The van der Waals surface area contributed by atoms with Crippen molar-refractivity contribution in [3.05, 3.63) is 35.9 Å². The van der Waals surface area contributed by atoms with Crippen LogP contribution in [0.3, 0.4) is 0 Å². The first kappa shape index (κ1) is 16.2. The van der Waals surface area contributed by atoms with Gasteiger partial charge in [-0.2, -0.15) is 0 Å². The van der Waals surface area contributed by atoms with Crippen molar-refractivity contribution in [2.24, 2.45) is 5.16 Å². The molecule has 0 atom stereocenters. The summed E-state index contributed by atoms with van der Waals surface area (Å²) in [5, 5.41) is 4.50. The van der Waals surface area contributed by atoms with Crippen LogP contribution in [0.1, 0.15) is 19.4 Å². The van der Waals surface area contributed by atoms with E-state index in [1.807, 2.05) is 36.6 Å². The van der Waals surface area contributed by atoms with Gasteiger partial charge in [0.05, 0.1) is 13.2 Å². The molecular weight excluding hydrogens is 285 g/mol. The summed E-state index contributed by atoms with van der Waals surface area (Å²) in [6.45, 7) is 3.89. The maximum atomic E-state index is 12.1. The van der Waals surface area contributed by atoms with Crippen molar-refractivity contribution in [3.63, 3.8) is 0 Å². The zero-order valence-corrected chi connectivity index (χ0v) is 12.9. The standard InChI is InChI=1S/C12H18NO4PS/c1-4-15-18(14,16-5-2)17-13-12(19-3)11-9-7-6-8-10-11/h6-10H,4-5H2,1-3H3. The smallest absolute Gasteiger partial charge is 0.291 e. The van der Waals surface area contributed by atoms with Crippen molar-refractivity contribution in [2.45, 2.75) is 13.8 Å². The Morgan fingerprint density at radius 3 is 2.26 bits per heavy atom. The second-order valence-corrected chi connectivity index (χ2v) is 5.70. The van der Waals surface area contributed by atoms with Gasteiger partial charge in [-0.3, -0.25) is 13.7 Å². The van der Waals surface area contributed by atoms with Crippen LogP contribution in [0.2, 0.25) is 0 Å². The topological polar surface area (TPSA) is 57.1 Å². The summed E-state index contributed by atoms with van der Waals surface area (Å²) in [7, 11) is -3.61. The minimum atomic E-state index is -3.61. The molecule has 0 aliphatic heterocycles. The molecule has 0 saturated heterocycles. The van der Waals surface area contributed by atoms with E-state index in [0.717, 1.165) is 5.56 Å². The van der Waals surface area contributed by atoms with Gasteiger partial charge in [0.1, 0.15) is 5.04 Å². The fourth-order valence-corrected chi connectivity index (χ4v) is 2.80. The first-order chi connectivity index (χ1) is 9.15. The van der Waals surface area contributed by atoms with Gasteiger partial charge < -0.3 is 0 Å². The Kier molecular flexibility index (Phi) is 7.16. The van der Waals surface area contributed by atoms with Crippen LogP contribution >= 0.6 is 19.6 Å². The predicted octanol–water partition coefficient (Wildman–Crippen LogP) is 3.91. The summed E-state index contributed by atoms with van der Waals surface area (Å²) in [4.78, 5) is 0. The lowest BCUT2D eigenvalue weighted by molar-refractivity contribution is 0.125. The van der Waals surface area contributed by atoms with E-state index in [9.17, 15) is 4.57 Å². The van der Waals surface area contributed by atoms with Crippen LogP contribution in [0.5, 0.6) is 0 Å². The molecule has 0 saturated carbocycles. The molecule has 106 valence electrons. The van der Waals surface area contributed by atoms with E-state index in [-0.39, 0.29) is 13.2 Å². The molecule has 0 bridgehead atoms. The fraction of sp³-hybridized carbons (Fsp3) is 0.417. The molecule has 0 fully saturated rings. The highest BCUT2D eigenvalue weighted by Crippen LogP contribution is 2.49. The van der Waals surface area contributed by atoms with E-state index in [4.69, 9.17) is 13.7 Å². The number of phosphoric ester groups is 1. The molecule has 1 aromatic carbocycles. The molecule has 0 heterocycles. The monoisotopic (exact) mass is 303 g/mol. The van der Waals surface area contributed by atoms with E-state index in [1.54, 1.807) is 13.8 Å². The van der Waals surface area contributed by atoms with Gasteiger partial charge in [-0.15, -0.1) is 11.8 Å². The van der Waals surface area contributed by atoms with Crippen LogP contribution in [0, 0.1) is 0 Å². The molecule has 0 amide bonds. The summed E-state index contributed by atoms with van der Waals surface area (Å²) in [5.74, 6) is 0. The minimum absolute atomic E-state index is 0.229. The molecule has 0 N–H and O–H groups in total. The van der Waals surface area contributed by atoms with Gasteiger partial charge in [-0.25, -0.2) is 4.57 Å². The van der Waals surface area contributed by atoms with E-state index in [1.165, 1.54) is 11.8 Å². The van der Waals surface area contributed by atoms with Crippen LogP contribution in [-0.2, 0) is 18.2 Å². The normalized spacial score (nSPS) is 12.5. The zero-order valence-electron chi connectivity index (χ0n) is 11.2. The SMILES string of the molecule is CCOP(=O)(OCC)ON=C(SC)c1ccccc1. The molecular formula is C12H18NO4PS. The molecule has 19 heavy (non-hydrogen) atoms. The zero-order chi connectivity index (χ0) is 14.1. The number of thioether (sulfide) groups is 1. The van der Waals surface area contributed by atoms with Crippen LogP contribution < -0.4 is 0 Å². The van der Waals surface area contributed by atoms with Crippen molar-refractivity contribution >= 4 is 24.6 Å². The molecule has 7 heteroatoms. The number of hydrogen-bond acceptors (Lipinski definition) is 6. The predicted molar refractivity (Wildman–Crippen MR) is 78.4 cm³/mol. The number of nitrogens with zero attached hydrogens (tertiary/aromatic N) is 1. The van der Waals surface area contributed by atoms with Crippen LogP contribution in [-0.4, -0.2) is 24.5 Å². The molecule has 0 aliphatic carbocycles. The van der Waals surface area contributed by atoms with Gasteiger partial charge in [-0.1, -0.05) is 35.5 Å². The molecule has 0 spiro atoms. The van der Waals surface area contributed by atoms with Gasteiger partial charge in [0.25, 0.3) is 0 Å². The van der Waals surface area contributed by atoms with Gasteiger partial charge in [0, 0.05) is 5.56 Å². The average Bonchev–Trinajstić information content (AvgIpc) is 2.41. The highest BCUT2D eigenvalue weighted by atomic mass is 32.2. The Balaban J connectivity index is 2.84. The summed E-state index contributed by atoms with van der Waals surface area (Å²) >= 11 is 1.39. The van der Waals surface area contributed by atoms with Crippen molar-refractivity contribution in [1.82, 2.24) is 0 Å². The quantitative estimate of drug-likeness (QED) is 0.331. The number of benzene rings is 1. The Hall–Kier alpha value is -0.810. The van der Waals surface area contributed by atoms with Crippen molar-refractivity contribution in [1.29, 1.82) is 0 Å². The number of rotatable bonds is 7. The third-order valence-electron chi connectivity index (χ3n) is 2.01. The molecule has 0 aromatic heterocycles. The van der Waals surface area contributed by atoms with Gasteiger partial charge in [-0.05, 0) is 20.1 Å². The molecule has 1 rings (SSSR count). The summed E-state index contributed by atoms with van der Waals surface area (Å²) in [5.41, 5.74) is 0.884. The average molecular weight is 303 g/mol. The minimum Gasteiger partial charge on any atom is -0.291 e. The molecule has 0 aliphatic rings. The lowest BCUT2D eigenvalue weighted by atomic mass is 10.2. The van der Waals surface area contributed by atoms with Crippen molar-refractivity contribution < 1.29 is 18.2 Å². The van der Waals surface area contributed by atoms with E-state index < -0.39 is 7.82 Å². The lowest BCUT2D eigenvalue weighted by Gasteiger charge is -2.13. The van der Waals surface area contributed by atoms with Crippen molar-refractivity contribution in [3.8, 4) is 0 Å². The van der Waals surface area contributed by atoms with Crippen LogP contribution in [0.15, 0.2) is 35.5 Å². The summed E-state index contributed by atoms with van der Waals surface area (Å²) < 4.78 is 27.1. The Labute approximate surface area is 117 Å². The highest BCUT2D eigenvalue weighted by Gasteiger charge is 2.27. The third kappa shape index (κ3) is 5.37. The Bertz CT molecular complexity index is 442.